The molecule has 168 valence electrons. The van der Waals surface area contributed by atoms with Crippen LogP contribution in [-0.4, -0.2) is 54.8 Å². The van der Waals surface area contributed by atoms with Crippen LogP contribution in [0.1, 0.15) is 15.9 Å². The van der Waals surface area contributed by atoms with Crippen molar-refractivity contribution in [2.24, 2.45) is 5.14 Å². The lowest BCUT2D eigenvalue weighted by atomic mass is 10.1. The van der Waals surface area contributed by atoms with Gasteiger partial charge in [-0.3, -0.25) is 4.79 Å². The fraction of sp³-hybridized carbons (Fsp3) is 0.300. The number of rotatable bonds is 10. The second-order valence-electron chi connectivity index (χ2n) is 6.28. The Hall–Kier alpha value is -3.31. The molecule has 0 aromatic heterocycles. The molecule has 1 amide bonds. The third-order valence-corrected chi connectivity index (χ3v) is 5.15. The van der Waals surface area contributed by atoms with E-state index in [1.54, 1.807) is 12.1 Å². The number of amides is 1. The number of hydrogen-bond donors (Lipinski definition) is 2. The Bertz CT molecular complexity index is 1010. The maximum Gasteiger partial charge on any atom is 0.338 e. The van der Waals surface area contributed by atoms with E-state index in [1.165, 1.54) is 45.6 Å². The summed E-state index contributed by atoms with van der Waals surface area (Å²) in [5.74, 6) is -0.315. The highest BCUT2D eigenvalue weighted by Crippen LogP contribution is 2.38. The fourth-order valence-electron chi connectivity index (χ4n) is 2.66. The third-order valence-electron chi connectivity index (χ3n) is 4.22. The second-order valence-corrected chi connectivity index (χ2v) is 7.84. The number of nitrogens with one attached hydrogen (secondary N) is 1. The number of carbonyl (C=O) groups excluding carboxylic acids is 2. The Morgan fingerprint density at radius 2 is 1.55 bits per heavy atom. The predicted octanol–water partition coefficient (Wildman–Crippen LogP) is 0.876. The van der Waals surface area contributed by atoms with Crippen molar-refractivity contribution in [2.45, 2.75) is 11.3 Å². The summed E-state index contributed by atoms with van der Waals surface area (Å²) in [5.41, 5.74) is 0.944. The van der Waals surface area contributed by atoms with Crippen molar-refractivity contribution in [1.29, 1.82) is 0 Å². The minimum Gasteiger partial charge on any atom is -0.493 e. The first-order chi connectivity index (χ1) is 14.7. The van der Waals surface area contributed by atoms with Gasteiger partial charge in [-0.2, -0.15) is 0 Å². The topological polar surface area (TPSA) is 143 Å². The number of benzene rings is 2. The minimum absolute atomic E-state index is 0.0130. The molecule has 0 fully saturated rings. The Morgan fingerprint density at radius 1 is 0.968 bits per heavy atom. The summed E-state index contributed by atoms with van der Waals surface area (Å²) in [6.07, 6.45) is 0.456. The number of nitrogens with two attached hydrogens (primary N) is 1. The Labute approximate surface area is 180 Å². The summed E-state index contributed by atoms with van der Waals surface area (Å²) in [4.78, 5) is 24.2. The van der Waals surface area contributed by atoms with E-state index in [9.17, 15) is 18.0 Å². The molecule has 0 saturated carbocycles. The molecule has 0 radical (unpaired) electrons. The van der Waals surface area contributed by atoms with Crippen LogP contribution in [0, 0.1) is 0 Å². The van der Waals surface area contributed by atoms with Crippen molar-refractivity contribution in [3.05, 3.63) is 47.5 Å². The van der Waals surface area contributed by atoms with Crippen molar-refractivity contribution in [2.75, 3.05) is 34.5 Å². The molecule has 0 atom stereocenters. The average molecular weight is 452 g/mol. The lowest BCUT2D eigenvalue weighted by Crippen LogP contribution is -2.30. The monoisotopic (exact) mass is 452 g/mol. The number of carbonyl (C=O) groups is 2. The van der Waals surface area contributed by atoms with E-state index in [2.05, 4.69) is 5.32 Å². The smallest absolute Gasteiger partial charge is 0.338 e. The van der Waals surface area contributed by atoms with Gasteiger partial charge in [-0.15, -0.1) is 0 Å². The molecule has 2 aromatic rings. The minimum atomic E-state index is -3.75. The van der Waals surface area contributed by atoms with Crippen LogP contribution >= 0.6 is 0 Å². The van der Waals surface area contributed by atoms with E-state index in [1.807, 2.05) is 0 Å². The summed E-state index contributed by atoms with van der Waals surface area (Å²) in [6.45, 7) is -0.199. The van der Waals surface area contributed by atoms with E-state index in [0.717, 1.165) is 5.56 Å². The first-order valence-corrected chi connectivity index (χ1v) is 10.6. The highest BCUT2D eigenvalue weighted by Gasteiger charge is 2.18. The molecule has 0 saturated heterocycles. The van der Waals surface area contributed by atoms with E-state index in [4.69, 9.17) is 24.1 Å². The number of ether oxygens (including phenoxy) is 4. The van der Waals surface area contributed by atoms with Gasteiger partial charge < -0.3 is 24.3 Å². The standard InChI is InChI=1S/C20H24N2O8S/c1-27-16-10-14(11-17(28-2)19(16)29-3)20(24)30-12-18(23)22-9-8-13-4-6-15(7-5-13)31(21,25)26/h4-7,10-11H,8-9,12H2,1-3H3,(H,22,23)(H2,21,25,26). The van der Waals surface area contributed by atoms with Crippen molar-refractivity contribution >= 4 is 21.9 Å². The van der Waals surface area contributed by atoms with Gasteiger partial charge in [0, 0.05) is 6.54 Å². The zero-order valence-corrected chi connectivity index (χ0v) is 18.2. The van der Waals surface area contributed by atoms with Crippen LogP contribution < -0.4 is 24.7 Å². The largest absolute Gasteiger partial charge is 0.493 e. The summed E-state index contributed by atoms with van der Waals surface area (Å²) in [5, 5.41) is 7.66. The van der Waals surface area contributed by atoms with Crippen LogP contribution in [0.4, 0.5) is 0 Å². The summed E-state index contributed by atoms with van der Waals surface area (Å²) >= 11 is 0. The van der Waals surface area contributed by atoms with E-state index >= 15 is 0 Å². The molecule has 0 heterocycles. The van der Waals surface area contributed by atoms with E-state index < -0.39 is 28.5 Å². The van der Waals surface area contributed by atoms with Crippen molar-refractivity contribution in [1.82, 2.24) is 5.32 Å². The molecule has 3 N–H and O–H groups in total. The molecular formula is C20H24N2O8S. The Balaban J connectivity index is 1.86. The van der Waals surface area contributed by atoms with Crippen LogP contribution in [0.25, 0.3) is 0 Å². The zero-order valence-electron chi connectivity index (χ0n) is 17.3. The van der Waals surface area contributed by atoms with Crippen molar-refractivity contribution < 1.29 is 37.0 Å². The van der Waals surface area contributed by atoms with Gasteiger partial charge in [-0.25, -0.2) is 18.4 Å². The predicted molar refractivity (Wildman–Crippen MR) is 111 cm³/mol. The van der Waals surface area contributed by atoms with Gasteiger partial charge in [0.05, 0.1) is 31.8 Å². The molecule has 0 aliphatic carbocycles. The van der Waals surface area contributed by atoms with Crippen molar-refractivity contribution in [3.8, 4) is 17.2 Å². The molecule has 0 unspecified atom stereocenters. The number of esters is 1. The van der Waals surface area contributed by atoms with Crippen LogP contribution in [0.2, 0.25) is 0 Å². The summed E-state index contributed by atoms with van der Waals surface area (Å²) in [7, 11) is 0.534. The number of sulfonamides is 1. The zero-order chi connectivity index (χ0) is 23.0. The van der Waals surface area contributed by atoms with Crippen LogP contribution in [0.3, 0.4) is 0 Å². The molecule has 10 nitrogen and oxygen atoms in total. The van der Waals surface area contributed by atoms with Crippen LogP contribution in [0.15, 0.2) is 41.3 Å². The molecule has 0 spiro atoms. The maximum atomic E-state index is 12.3. The van der Waals surface area contributed by atoms with Gasteiger partial charge in [0.2, 0.25) is 15.8 Å². The number of methoxy groups -OCH3 is 3. The molecular weight excluding hydrogens is 428 g/mol. The van der Waals surface area contributed by atoms with Gasteiger partial charge in [-0.1, -0.05) is 12.1 Å². The molecule has 11 heteroatoms. The average Bonchev–Trinajstić information content (AvgIpc) is 2.76. The Morgan fingerprint density at radius 3 is 2.03 bits per heavy atom. The highest BCUT2D eigenvalue weighted by atomic mass is 32.2. The second kappa shape index (κ2) is 10.6. The highest BCUT2D eigenvalue weighted by molar-refractivity contribution is 7.89. The number of primary sulfonamides is 1. The molecule has 0 aliphatic heterocycles. The summed E-state index contributed by atoms with van der Waals surface area (Å²) in [6, 6.07) is 8.85. The molecule has 2 rings (SSSR count). The van der Waals surface area contributed by atoms with Gasteiger partial charge in [-0.05, 0) is 36.2 Å². The van der Waals surface area contributed by atoms with Gasteiger partial charge in [0.25, 0.3) is 5.91 Å². The SMILES string of the molecule is COc1cc(C(=O)OCC(=O)NCCc2ccc(S(N)(=O)=O)cc2)cc(OC)c1OC. The lowest BCUT2D eigenvalue weighted by Gasteiger charge is -2.13. The lowest BCUT2D eigenvalue weighted by molar-refractivity contribution is -0.124. The normalized spacial score (nSPS) is 10.8. The first-order valence-electron chi connectivity index (χ1n) is 9.05. The van der Waals surface area contributed by atoms with E-state index in [-0.39, 0.29) is 28.5 Å². The fourth-order valence-corrected chi connectivity index (χ4v) is 3.17. The van der Waals surface area contributed by atoms with Crippen LogP contribution in [-0.2, 0) is 26.0 Å². The van der Waals surface area contributed by atoms with Gasteiger partial charge in [0.1, 0.15) is 0 Å². The van der Waals surface area contributed by atoms with Crippen LogP contribution in [0.5, 0.6) is 17.2 Å². The molecule has 0 bridgehead atoms. The third kappa shape index (κ3) is 6.59. The molecule has 31 heavy (non-hydrogen) atoms. The Kier molecular flexibility index (Phi) is 8.22. The molecule has 0 aliphatic rings. The maximum absolute atomic E-state index is 12.3. The molecule has 2 aromatic carbocycles. The summed E-state index contributed by atoms with van der Waals surface area (Å²) < 4.78 is 43.1. The van der Waals surface area contributed by atoms with Crippen molar-refractivity contribution in [3.63, 3.8) is 0 Å². The van der Waals surface area contributed by atoms with Gasteiger partial charge >= 0.3 is 5.97 Å². The van der Waals surface area contributed by atoms with E-state index in [0.29, 0.717) is 12.2 Å². The first kappa shape index (κ1) is 24.0. The quantitative estimate of drug-likeness (QED) is 0.506. The number of hydrogen-bond acceptors (Lipinski definition) is 8. The van der Waals surface area contributed by atoms with Gasteiger partial charge in [0.15, 0.2) is 18.1 Å².